The van der Waals surface area contributed by atoms with Crippen LogP contribution in [0, 0.1) is 13.8 Å². The topological polar surface area (TPSA) is 49.6 Å². The Kier molecular flexibility index (Phi) is 3.28. The van der Waals surface area contributed by atoms with E-state index >= 15 is 0 Å². The Balaban J connectivity index is 1.37. The van der Waals surface area contributed by atoms with Gasteiger partial charge in [-0.05, 0) is 25.8 Å². The number of nitrogens with zero attached hydrogens (tertiary/aromatic N) is 6. The van der Waals surface area contributed by atoms with Gasteiger partial charge in [0.05, 0.1) is 0 Å². The first kappa shape index (κ1) is 14.8. The maximum atomic E-state index is 4.63. The number of rotatable bonds is 3. The van der Waals surface area contributed by atoms with Gasteiger partial charge in [0.1, 0.15) is 5.82 Å². The van der Waals surface area contributed by atoms with Crippen LogP contribution in [0.25, 0.3) is 5.65 Å². The molecule has 3 aromatic rings. The molecule has 2 fully saturated rings. The molecule has 2 aliphatic rings. The molecule has 0 N–H and O–H groups in total. The number of hydrogen-bond donors (Lipinski definition) is 0. The van der Waals surface area contributed by atoms with Crippen molar-refractivity contribution in [3.63, 3.8) is 0 Å². The summed E-state index contributed by atoms with van der Waals surface area (Å²) >= 11 is 0. The highest BCUT2D eigenvalue weighted by Gasteiger charge is 2.44. The third kappa shape index (κ3) is 2.40. The first-order valence-corrected chi connectivity index (χ1v) is 8.91. The van der Waals surface area contributed by atoms with Gasteiger partial charge in [0.25, 0.3) is 0 Å². The number of hydrogen-bond acceptors (Lipinski definition) is 5. The van der Waals surface area contributed by atoms with E-state index in [1.807, 2.05) is 23.7 Å². The standard InChI is InChI=1S/C19H22N6/c1-13-4-3-5-15(8-13)10-23-11-17-9-16(23)12-25(17)18-19-22-21-14(2)24(19)7-6-20-18/h3-8,16-17H,9-12H2,1-2H3. The number of aryl methyl sites for hydroxylation is 2. The Hall–Kier alpha value is -2.47. The molecule has 2 unspecified atom stereocenters. The van der Waals surface area contributed by atoms with Crippen LogP contribution in [0.5, 0.6) is 0 Å². The maximum Gasteiger partial charge on any atom is 0.203 e. The molecule has 2 aromatic heterocycles. The lowest BCUT2D eigenvalue weighted by atomic mass is 10.1. The molecule has 0 saturated carbocycles. The van der Waals surface area contributed by atoms with Gasteiger partial charge in [0.2, 0.25) is 5.65 Å². The lowest BCUT2D eigenvalue weighted by Crippen LogP contribution is -2.46. The Morgan fingerprint density at radius 1 is 1.12 bits per heavy atom. The minimum Gasteiger partial charge on any atom is -0.348 e. The summed E-state index contributed by atoms with van der Waals surface area (Å²) in [5.74, 6) is 1.88. The van der Waals surface area contributed by atoms with E-state index in [9.17, 15) is 0 Å². The molecule has 0 aliphatic carbocycles. The van der Waals surface area contributed by atoms with Crippen LogP contribution in [-0.2, 0) is 6.54 Å². The molecule has 2 atom stereocenters. The van der Waals surface area contributed by atoms with Crippen molar-refractivity contribution in [3.05, 3.63) is 53.6 Å². The van der Waals surface area contributed by atoms with Gasteiger partial charge >= 0.3 is 0 Å². The van der Waals surface area contributed by atoms with Crippen LogP contribution >= 0.6 is 0 Å². The van der Waals surface area contributed by atoms with E-state index < -0.39 is 0 Å². The SMILES string of the molecule is Cc1cccc(CN2CC3CC2CN3c2nccn3c(C)nnc23)c1. The summed E-state index contributed by atoms with van der Waals surface area (Å²) in [6.07, 6.45) is 5.00. The summed E-state index contributed by atoms with van der Waals surface area (Å²) in [7, 11) is 0. The van der Waals surface area contributed by atoms with Crippen molar-refractivity contribution in [2.45, 2.75) is 38.9 Å². The number of benzene rings is 1. The average Bonchev–Trinajstić information content (AvgIpc) is 3.29. The summed E-state index contributed by atoms with van der Waals surface area (Å²) in [5.41, 5.74) is 3.62. The molecule has 0 spiro atoms. The first-order chi connectivity index (χ1) is 12.2. The summed E-state index contributed by atoms with van der Waals surface area (Å²) in [6.45, 7) is 7.29. The molecule has 2 saturated heterocycles. The van der Waals surface area contributed by atoms with Crippen molar-refractivity contribution in [2.24, 2.45) is 0 Å². The summed E-state index contributed by atoms with van der Waals surface area (Å²) in [6, 6.07) is 9.96. The molecule has 0 amide bonds. The molecule has 1 aromatic carbocycles. The largest absolute Gasteiger partial charge is 0.348 e. The van der Waals surface area contributed by atoms with Gasteiger partial charge in [-0.1, -0.05) is 29.8 Å². The van der Waals surface area contributed by atoms with Crippen molar-refractivity contribution in [2.75, 3.05) is 18.0 Å². The van der Waals surface area contributed by atoms with E-state index in [0.29, 0.717) is 12.1 Å². The number of likely N-dealkylation sites (tertiary alicyclic amines) is 1. The van der Waals surface area contributed by atoms with E-state index in [4.69, 9.17) is 0 Å². The van der Waals surface area contributed by atoms with Crippen LogP contribution in [0.3, 0.4) is 0 Å². The third-order valence-electron chi connectivity index (χ3n) is 5.57. The quantitative estimate of drug-likeness (QED) is 0.735. The second-order valence-electron chi connectivity index (χ2n) is 7.31. The lowest BCUT2D eigenvalue weighted by molar-refractivity contribution is 0.230. The van der Waals surface area contributed by atoms with Crippen LogP contribution in [0.15, 0.2) is 36.7 Å². The normalized spacial score (nSPS) is 23.0. The average molecular weight is 334 g/mol. The summed E-state index contributed by atoms with van der Waals surface area (Å²) < 4.78 is 2.03. The van der Waals surface area contributed by atoms with Crippen molar-refractivity contribution in [3.8, 4) is 0 Å². The second kappa shape index (κ2) is 5.52. The number of aromatic nitrogens is 4. The van der Waals surface area contributed by atoms with Gasteiger partial charge in [0, 0.05) is 44.1 Å². The minimum atomic E-state index is 0.519. The Morgan fingerprint density at radius 2 is 2.04 bits per heavy atom. The summed E-state index contributed by atoms with van der Waals surface area (Å²) in [4.78, 5) is 9.67. The van der Waals surface area contributed by atoms with Crippen molar-refractivity contribution >= 4 is 11.5 Å². The molecule has 6 heteroatoms. The van der Waals surface area contributed by atoms with Crippen LogP contribution in [-0.4, -0.2) is 49.7 Å². The number of piperazine rings is 1. The Bertz CT molecular complexity index is 933. The molecule has 2 aliphatic heterocycles. The van der Waals surface area contributed by atoms with Crippen molar-refractivity contribution in [1.29, 1.82) is 0 Å². The molecule has 6 nitrogen and oxygen atoms in total. The first-order valence-electron chi connectivity index (χ1n) is 8.91. The fourth-order valence-electron chi connectivity index (χ4n) is 4.38. The van der Waals surface area contributed by atoms with E-state index in [1.165, 1.54) is 17.5 Å². The monoisotopic (exact) mass is 334 g/mol. The highest BCUT2D eigenvalue weighted by molar-refractivity contribution is 5.65. The van der Waals surface area contributed by atoms with Crippen LogP contribution in [0.1, 0.15) is 23.4 Å². The molecule has 25 heavy (non-hydrogen) atoms. The predicted octanol–water partition coefficient (Wildman–Crippen LogP) is 2.20. The molecule has 5 rings (SSSR count). The van der Waals surface area contributed by atoms with E-state index in [-0.39, 0.29) is 0 Å². The highest BCUT2D eigenvalue weighted by Crippen LogP contribution is 2.35. The minimum absolute atomic E-state index is 0.519. The van der Waals surface area contributed by atoms with Crippen LogP contribution in [0.4, 0.5) is 5.82 Å². The van der Waals surface area contributed by atoms with Gasteiger partial charge in [0.15, 0.2) is 5.82 Å². The zero-order chi connectivity index (χ0) is 17.0. The van der Waals surface area contributed by atoms with Crippen molar-refractivity contribution in [1.82, 2.24) is 24.5 Å². The fourth-order valence-corrected chi connectivity index (χ4v) is 4.38. The lowest BCUT2D eigenvalue weighted by Gasteiger charge is -2.34. The third-order valence-corrected chi connectivity index (χ3v) is 5.57. The number of anilines is 1. The molecular weight excluding hydrogens is 312 g/mol. The zero-order valence-corrected chi connectivity index (χ0v) is 14.6. The van der Waals surface area contributed by atoms with Crippen molar-refractivity contribution < 1.29 is 0 Å². The molecule has 2 bridgehead atoms. The second-order valence-corrected chi connectivity index (χ2v) is 7.31. The highest BCUT2D eigenvalue weighted by atomic mass is 15.4. The van der Waals surface area contributed by atoms with Gasteiger partial charge in [-0.2, -0.15) is 0 Å². The fraction of sp³-hybridized carbons (Fsp3) is 0.421. The molecular formula is C19H22N6. The van der Waals surface area contributed by atoms with Gasteiger partial charge < -0.3 is 4.90 Å². The predicted molar refractivity (Wildman–Crippen MR) is 96.6 cm³/mol. The Labute approximate surface area is 147 Å². The molecule has 128 valence electrons. The molecule has 0 radical (unpaired) electrons. The van der Waals surface area contributed by atoms with E-state index in [1.54, 1.807) is 0 Å². The van der Waals surface area contributed by atoms with E-state index in [2.05, 4.69) is 56.2 Å². The zero-order valence-electron chi connectivity index (χ0n) is 14.6. The van der Waals surface area contributed by atoms with Crippen LogP contribution < -0.4 is 4.90 Å². The van der Waals surface area contributed by atoms with Gasteiger partial charge in [-0.3, -0.25) is 9.30 Å². The Morgan fingerprint density at radius 3 is 2.84 bits per heavy atom. The van der Waals surface area contributed by atoms with Gasteiger partial charge in [-0.25, -0.2) is 4.98 Å². The van der Waals surface area contributed by atoms with Gasteiger partial charge in [-0.15, -0.1) is 10.2 Å². The number of fused-ring (bicyclic) bond motifs is 3. The van der Waals surface area contributed by atoms with Crippen LogP contribution in [0.2, 0.25) is 0 Å². The summed E-state index contributed by atoms with van der Waals surface area (Å²) in [5, 5.41) is 8.54. The smallest absolute Gasteiger partial charge is 0.203 e. The molecule has 4 heterocycles. The maximum absolute atomic E-state index is 4.63. The van der Waals surface area contributed by atoms with E-state index in [0.717, 1.165) is 36.9 Å².